The van der Waals surface area contributed by atoms with Crippen LogP contribution in [0.5, 0.6) is 0 Å². The van der Waals surface area contributed by atoms with Gasteiger partial charge in [-0.1, -0.05) is 7.43 Å². The molecule has 2 fully saturated rings. The molecule has 176 valence electrons. The van der Waals surface area contributed by atoms with Crippen molar-refractivity contribution >= 4 is 57.1 Å². The number of nitrogens with zero attached hydrogens (tertiary/aromatic N) is 1. The minimum Gasteiger partial charge on any atom is -0.478 e. The number of halogens is 2. The van der Waals surface area contributed by atoms with Crippen molar-refractivity contribution in [1.82, 2.24) is 10.2 Å². The number of morpholine rings is 2. The quantitative estimate of drug-likeness (QED) is 0.471. The van der Waals surface area contributed by atoms with Crippen LogP contribution in [0.1, 0.15) is 28.1 Å². The number of hydrogen-bond acceptors (Lipinski definition) is 5. The number of carboxylic acid groups (broad SMARTS) is 1. The highest BCUT2D eigenvalue weighted by Crippen LogP contribution is 2.10. The summed E-state index contributed by atoms with van der Waals surface area (Å²) in [6, 6.07) is 14.4. The lowest BCUT2D eigenvalue weighted by Gasteiger charge is -2.26. The van der Waals surface area contributed by atoms with Crippen molar-refractivity contribution in [2.75, 3.05) is 52.6 Å². The molecule has 0 saturated carbocycles. The number of benzene rings is 2. The summed E-state index contributed by atoms with van der Waals surface area (Å²) in [6.07, 6.45) is 0. The Kier molecular flexibility index (Phi) is 14.7. The second-order valence-corrected chi connectivity index (χ2v) is 9.08. The molecule has 0 radical (unpaired) electrons. The summed E-state index contributed by atoms with van der Waals surface area (Å²) in [7, 11) is 0. The first-order valence-corrected chi connectivity index (χ1v) is 12.0. The number of carbonyl (C=O) groups is 2. The molecule has 0 atom stereocenters. The maximum atomic E-state index is 12.0. The molecule has 9 heteroatoms. The van der Waals surface area contributed by atoms with Crippen LogP contribution in [0.2, 0.25) is 0 Å². The lowest BCUT2D eigenvalue weighted by Crippen LogP contribution is -2.40. The lowest BCUT2D eigenvalue weighted by atomic mass is 10.2. The Balaban J connectivity index is 0.000000260. The van der Waals surface area contributed by atoms with Crippen LogP contribution in [-0.2, 0) is 9.47 Å². The molecule has 2 saturated heterocycles. The first-order valence-electron chi connectivity index (χ1n) is 9.87. The van der Waals surface area contributed by atoms with Crippen LogP contribution < -0.4 is 5.32 Å². The topological polar surface area (TPSA) is 88.1 Å². The average molecular weight is 668 g/mol. The van der Waals surface area contributed by atoms with Crippen LogP contribution in [0.4, 0.5) is 0 Å². The molecule has 32 heavy (non-hydrogen) atoms. The molecule has 0 bridgehead atoms. The number of ether oxygens (including phenoxy) is 2. The second kappa shape index (κ2) is 16.4. The van der Waals surface area contributed by atoms with E-state index in [-0.39, 0.29) is 13.3 Å². The van der Waals surface area contributed by atoms with E-state index >= 15 is 0 Å². The van der Waals surface area contributed by atoms with Gasteiger partial charge in [0.2, 0.25) is 0 Å². The van der Waals surface area contributed by atoms with Crippen molar-refractivity contribution < 1.29 is 24.2 Å². The second-order valence-electron chi connectivity index (χ2n) is 6.59. The zero-order chi connectivity index (χ0) is 22.5. The predicted molar refractivity (Wildman–Crippen MR) is 142 cm³/mol. The van der Waals surface area contributed by atoms with E-state index in [1.165, 1.54) is 0 Å². The molecule has 0 aromatic heterocycles. The Morgan fingerprint density at radius 3 is 1.59 bits per heavy atom. The molecule has 0 spiro atoms. The maximum Gasteiger partial charge on any atom is 0.335 e. The van der Waals surface area contributed by atoms with Crippen molar-refractivity contribution in [3.05, 3.63) is 66.8 Å². The normalized spacial score (nSPS) is 15.1. The number of aromatic carboxylic acids is 1. The van der Waals surface area contributed by atoms with Gasteiger partial charge in [-0.05, 0) is 93.7 Å². The van der Waals surface area contributed by atoms with Crippen LogP contribution >= 0.6 is 45.2 Å². The minimum atomic E-state index is -0.878. The molecule has 2 aromatic carbocycles. The summed E-state index contributed by atoms with van der Waals surface area (Å²) in [6.45, 7) is 6.53. The number of hydrogen-bond donors (Lipinski definition) is 2. The molecule has 7 nitrogen and oxygen atoms in total. The van der Waals surface area contributed by atoms with Gasteiger partial charge in [-0.3, -0.25) is 4.79 Å². The fraction of sp³-hybridized carbons (Fsp3) is 0.391. The first-order chi connectivity index (χ1) is 15.0. The van der Waals surface area contributed by atoms with Crippen LogP contribution in [0.15, 0.2) is 48.5 Å². The predicted octanol–water partition coefficient (Wildman–Crippen LogP) is 4.00. The van der Waals surface area contributed by atoms with Gasteiger partial charge in [0.25, 0.3) is 5.91 Å². The van der Waals surface area contributed by atoms with Gasteiger partial charge in [-0.2, -0.15) is 0 Å². The average Bonchev–Trinajstić information content (AvgIpc) is 2.82. The van der Waals surface area contributed by atoms with E-state index in [1.54, 1.807) is 24.3 Å². The molecule has 2 aliphatic heterocycles. The molecule has 2 aliphatic rings. The summed E-state index contributed by atoms with van der Waals surface area (Å²) in [5, 5.41) is 11.6. The fourth-order valence-electron chi connectivity index (χ4n) is 2.65. The van der Waals surface area contributed by atoms with E-state index in [4.69, 9.17) is 14.6 Å². The van der Waals surface area contributed by atoms with Gasteiger partial charge in [0.15, 0.2) is 0 Å². The van der Waals surface area contributed by atoms with Gasteiger partial charge in [0.05, 0.1) is 32.0 Å². The summed E-state index contributed by atoms with van der Waals surface area (Å²) in [5.41, 5.74) is 1.10. The van der Waals surface area contributed by atoms with Gasteiger partial charge in [-0.25, -0.2) is 4.79 Å². The molecule has 2 heterocycles. The standard InChI is InChI=1S/C11H12INO2.C7H5IO2.C4H9NO.CH4/c12-10-3-1-9(2-4-10)11(14)13-5-7-15-8-6-13;8-6-3-1-5(2-4-6)7(9)10;1-3-6-4-2-5-1;/h1-4H,5-8H2;1-4H,(H,9,10);5H,1-4H2;1H4. The van der Waals surface area contributed by atoms with Gasteiger partial charge in [0, 0.05) is 38.9 Å². The zero-order valence-electron chi connectivity index (χ0n) is 17.1. The van der Waals surface area contributed by atoms with Crippen molar-refractivity contribution in [3.8, 4) is 0 Å². The Morgan fingerprint density at radius 2 is 1.22 bits per heavy atom. The SMILES string of the molecule is C.C1COCCN1.O=C(O)c1ccc(I)cc1.O=C(c1ccc(I)cc1)N1CCOCC1. The summed E-state index contributed by atoms with van der Waals surface area (Å²) in [5.74, 6) is -0.772. The Bertz CT molecular complexity index is 795. The first kappa shape index (κ1) is 28.8. The Hall–Kier alpha value is -1.28. The number of amides is 1. The summed E-state index contributed by atoms with van der Waals surface area (Å²) >= 11 is 4.36. The molecule has 1 amide bonds. The molecule has 2 aromatic rings. The molecule has 4 rings (SSSR count). The largest absolute Gasteiger partial charge is 0.478 e. The van der Waals surface area contributed by atoms with E-state index < -0.39 is 5.97 Å². The fourth-order valence-corrected chi connectivity index (χ4v) is 3.37. The van der Waals surface area contributed by atoms with Crippen molar-refractivity contribution in [2.45, 2.75) is 7.43 Å². The number of rotatable bonds is 2. The van der Waals surface area contributed by atoms with Crippen LogP contribution in [0, 0.1) is 7.14 Å². The van der Waals surface area contributed by atoms with Crippen molar-refractivity contribution in [1.29, 1.82) is 0 Å². The van der Waals surface area contributed by atoms with Crippen LogP contribution in [-0.4, -0.2) is 74.5 Å². The number of carbonyl (C=O) groups excluding carboxylic acids is 1. The highest BCUT2D eigenvalue weighted by Gasteiger charge is 2.17. The molecular weight excluding hydrogens is 638 g/mol. The van der Waals surface area contributed by atoms with Gasteiger partial charge >= 0.3 is 5.97 Å². The van der Waals surface area contributed by atoms with Gasteiger partial charge < -0.3 is 24.8 Å². The smallest absolute Gasteiger partial charge is 0.335 e. The molecule has 0 aliphatic carbocycles. The van der Waals surface area contributed by atoms with Gasteiger partial charge in [0.1, 0.15) is 0 Å². The number of carboxylic acids is 1. The third kappa shape index (κ3) is 11.0. The van der Waals surface area contributed by atoms with E-state index in [0.717, 1.165) is 39.0 Å². The van der Waals surface area contributed by atoms with Crippen molar-refractivity contribution in [2.24, 2.45) is 0 Å². The zero-order valence-corrected chi connectivity index (χ0v) is 21.4. The third-order valence-electron chi connectivity index (χ3n) is 4.33. The number of nitrogens with one attached hydrogen (secondary N) is 1. The third-order valence-corrected chi connectivity index (χ3v) is 5.77. The lowest BCUT2D eigenvalue weighted by molar-refractivity contribution is 0.0303. The summed E-state index contributed by atoms with van der Waals surface area (Å²) in [4.78, 5) is 24.1. The van der Waals surface area contributed by atoms with Crippen molar-refractivity contribution in [3.63, 3.8) is 0 Å². The summed E-state index contributed by atoms with van der Waals surface area (Å²) < 4.78 is 12.4. The van der Waals surface area contributed by atoms with E-state index in [9.17, 15) is 9.59 Å². The molecular formula is C23H30I2N2O5. The Morgan fingerprint density at radius 1 is 0.781 bits per heavy atom. The monoisotopic (exact) mass is 668 g/mol. The van der Waals surface area contributed by atoms with Crippen LogP contribution in [0.3, 0.4) is 0 Å². The van der Waals surface area contributed by atoms with Crippen LogP contribution in [0.25, 0.3) is 0 Å². The molecule has 2 N–H and O–H groups in total. The Labute approximate surface area is 217 Å². The minimum absolute atomic E-state index is 0. The van der Waals surface area contributed by atoms with E-state index in [0.29, 0.717) is 31.9 Å². The van der Waals surface area contributed by atoms with E-state index in [1.807, 2.05) is 29.2 Å². The van der Waals surface area contributed by atoms with Gasteiger partial charge in [-0.15, -0.1) is 0 Å². The van der Waals surface area contributed by atoms with E-state index in [2.05, 4.69) is 50.5 Å². The molecule has 0 unspecified atom stereocenters. The highest BCUT2D eigenvalue weighted by atomic mass is 127. The highest BCUT2D eigenvalue weighted by molar-refractivity contribution is 14.1. The maximum absolute atomic E-state index is 12.0.